The van der Waals surface area contributed by atoms with Crippen LogP contribution in [0.15, 0.2) is 29.6 Å². The molecule has 0 fully saturated rings. The summed E-state index contributed by atoms with van der Waals surface area (Å²) in [4.78, 5) is 26.0. The van der Waals surface area contributed by atoms with Gasteiger partial charge in [0, 0.05) is 10.9 Å². The van der Waals surface area contributed by atoms with Gasteiger partial charge in [0.15, 0.2) is 5.69 Å². The maximum Gasteiger partial charge on any atom is 0.280 e. The Bertz CT molecular complexity index is 719. The van der Waals surface area contributed by atoms with Crippen molar-refractivity contribution in [3.8, 4) is 0 Å². The number of para-hydroxylation sites is 1. The fraction of sp³-hybridized carbons (Fsp3) is 0.375. The van der Waals surface area contributed by atoms with Crippen molar-refractivity contribution in [2.75, 3.05) is 11.4 Å². The molecule has 1 aromatic carbocycles. The first-order valence-electron chi connectivity index (χ1n) is 7.48. The predicted octanol–water partition coefficient (Wildman–Crippen LogP) is 2.63. The summed E-state index contributed by atoms with van der Waals surface area (Å²) in [6.07, 6.45) is 0.725. The second kappa shape index (κ2) is 7.48. The van der Waals surface area contributed by atoms with Gasteiger partial charge in [0.25, 0.3) is 5.91 Å². The summed E-state index contributed by atoms with van der Waals surface area (Å²) in [6.45, 7) is 5.40. The zero-order valence-corrected chi connectivity index (χ0v) is 14.6. The number of carbonyl (C=O) groups is 2. The van der Waals surface area contributed by atoms with Crippen molar-refractivity contribution < 1.29 is 14.0 Å². The number of benzene rings is 1. The molecule has 0 aliphatic carbocycles. The van der Waals surface area contributed by atoms with E-state index in [-0.39, 0.29) is 23.8 Å². The normalized spacial score (nSPS) is 11.2. The van der Waals surface area contributed by atoms with Gasteiger partial charge in [-0.05, 0) is 43.9 Å². The largest absolute Gasteiger partial charge is 0.350 e. The molecule has 1 heterocycles. The van der Waals surface area contributed by atoms with E-state index in [1.54, 1.807) is 6.07 Å². The van der Waals surface area contributed by atoms with Crippen LogP contribution >= 0.6 is 11.5 Å². The average Bonchev–Trinajstić information content (AvgIpc) is 3.07. The molecule has 0 aliphatic heterocycles. The summed E-state index contributed by atoms with van der Waals surface area (Å²) >= 11 is 1.01. The number of carbonyl (C=O) groups excluding carboxylic acids is 2. The molecule has 2 amide bonds. The van der Waals surface area contributed by atoms with Gasteiger partial charge in [0.05, 0.1) is 5.69 Å². The summed E-state index contributed by atoms with van der Waals surface area (Å²) < 4.78 is 17.8. The van der Waals surface area contributed by atoms with E-state index in [1.165, 1.54) is 23.6 Å². The molecule has 0 aliphatic rings. The maximum atomic E-state index is 14.1. The maximum absolute atomic E-state index is 14.1. The number of hydrogen-bond acceptors (Lipinski definition) is 5. The standard InChI is InChI=1S/C16H19FN4O2S/c1-4-16(2,3)18-14(22)9-21(13-8-6-5-7-11(13)17)15(23)12-10-24-20-19-12/h5-8,10H,4,9H2,1-3H3,(H,18,22). The minimum absolute atomic E-state index is 0.0277. The monoisotopic (exact) mass is 350 g/mol. The average molecular weight is 350 g/mol. The predicted molar refractivity (Wildman–Crippen MR) is 90.5 cm³/mol. The Morgan fingerprint density at radius 3 is 2.62 bits per heavy atom. The van der Waals surface area contributed by atoms with Crippen molar-refractivity contribution in [1.29, 1.82) is 0 Å². The lowest BCUT2D eigenvalue weighted by molar-refractivity contribution is -0.121. The van der Waals surface area contributed by atoms with Crippen molar-refractivity contribution in [2.45, 2.75) is 32.7 Å². The molecular formula is C16H19FN4O2S. The highest BCUT2D eigenvalue weighted by molar-refractivity contribution is 7.03. The molecule has 6 nitrogen and oxygen atoms in total. The second-order valence-corrected chi connectivity index (χ2v) is 6.53. The van der Waals surface area contributed by atoms with Gasteiger partial charge in [-0.2, -0.15) is 0 Å². The highest BCUT2D eigenvalue weighted by atomic mass is 32.1. The molecule has 1 aromatic heterocycles. The van der Waals surface area contributed by atoms with E-state index < -0.39 is 17.3 Å². The summed E-state index contributed by atoms with van der Waals surface area (Å²) in [5.74, 6) is -1.53. The number of nitrogens with zero attached hydrogens (tertiary/aromatic N) is 3. The van der Waals surface area contributed by atoms with Crippen molar-refractivity contribution in [1.82, 2.24) is 14.9 Å². The number of anilines is 1. The number of rotatable bonds is 6. The van der Waals surface area contributed by atoms with Gasteiger partial charge in [0.1, 0.15) is 12.4 Å². The molecule has 0 radical (unpaired) electrons. The van der Waals surface area contributed by atoms with E-state index in [1.807, 2.05) is 20.8 Å². The Labute approximate surface area is 143 Å². The van der Waals surface area contributed by atoms with Gasteiger partial charge in [-0.15, -0.1) is 5.10 Å². The fourth-order valence-electron chi connectivity index (χ4n) is 1.98. The van der Waals surface area contributed by atoms with Gasteiger partial charge < -0.3 is 5.32 Å². The van der Waals surface area contributed by atoms with Crippen LogP contribution in [0.1, 0.15) is 37.7 Å². The highest BCUT2D eigenvalue weighted by Gasteiger charge is 2.27. The Morgan fingerprint density at radius 2 is 2.04 bits per heavy atom. The molecule has 2 aromatic rings. The fourth-order valence-corrected chi connectivity index (χ4v) is 2.41. The zero-order chi connectivity index (χ0) is 17.7. The summed E-state index contributed by atoms with van der Waals surface area (Å²) in [6, 6.07) is 5.81. The van der Waals surface area contributed by atoms with E-state index >= 15 is 0 Å². The van der Waals surface area contributed by atoms with Crippen molar-refractivity contribution in [2.24, 2.45) is 0 Å². The zero-order valence-electron chi connectivity index (χ0n) is 13.7. The molecule has 128 valence electrons. The third-order valence-corrected chi connectivity index (χ3v) is 4.14. The molecule has 0 saturated heterocycles. The lowest BCUT2D eigenvalue weighted by atomic mass is 10.0. The van der Waals surface area contributed by atoms with E-state index in [0.29, 0.717) is 0 Å². The quantitative estimate of drug-likeness (QED) is 0.869. The van der Waals surface area contributed by atoms with Crippen LogP contribution in [-0.4, -0.2) is 33.5 Å². The molecule has 8 heteroatoms. The van der Waals surface area contributed by atoms with E-state index in [2.05, 4.69) is 14.9 Å². The van der Waals surface area contributed by atoms with E-state index in [0.717, 1.165) is 22.9 Å². The molecule has 0 spiro atoms. The molecule has 1 N–H and O–H groups in total. The minimum atomic E-state index is -0.586. The van der Waals surface area contributed by atoms with Gasteiger partial charge in [0.2, 0.25) is 5.91 Å². The van der Waals surface area contributed by atoms with E-state index in [4.69, 9.17) is 0 Å². The summed E-state index contributed by atoms with van der Waals surface area (Å²) in [5, 5.41) is 8.01. The molecule has 0 unspecified atom stereocenters. The smallest absolute Gasteiger partial charge is 0.280 e. The van der Waals surface area contributed by atoms with Crippen molar-refractivity contribution in [3.63, 3.8) is 0 Å². The first-order valence-corrected chi connectivity index (χ1v) is 8.32. The second-order valence-electron chi connectivity index (χ2n) is 5.92. The third-order valence-electron chi connectivity index (χ3n) is 3.63. The first kappa shape index (κ1) is 18.0. The Morgan fingerprint density at radius 1 is 1.33 bits per heavy atom. The first-order chi connectivity index (χ1) is 11.3. The van der Waals surface area contributed by atoms with Crippen LogP contribution in [0, 0.1) is 5.82 Å². The number of amides is 2. The number of hydrogen-bond donors (Lipinski definition) is 1. The Balaban J connectivity index is 2.29. The topological polar surface area (TPSA) is 75.2 Å². The molecule has 0 saturated carbocycles. The van der Waals surface area contributed by atoms with Gasteiger partial charge in [-0.1, -0.05) is 23.5 Å². The van der Waals surface area contributed by atoms with Crippen LogP contribution in [0.5, 0.6) is 0 Å². The Hall–Kier alpha value is -2.35. The van der Waals surface area contributed by atoms with Crippen LogP contribution in [0.3, 0.4) is 0 Å². The number of halogens is 1. The SMILES string of the molecule is CCC(C)(C)NC(=O)CN(C(=O)c1csnn1)c1ccccc1F. The van der Waals surface area contributed by atoms with Crippen LogP contribution in [0.4, 0.5) is 10.1 Å². The summed E-state index contributed by atoms with van der Waals surface area (Å²) in [5.41, 5.74) is -0.311. The van der Waals surface area contributed by atoms with Crippen molar-refractivity contribution in [3.05, 3.63) is 41.2 Å². The molecule has 2 rings (SSSR count). The third kappa shape index (κ3) is 4.35. The minimum Gasteiger partial charge on any atom is -0.350 e. The lowest BCUT2D eigenvalue weighted by Crippen LogP contribution is -2.49. The lowest BCUT2D eigenvalue weighted by Gasteiger charge is -2.27. The number of aromatic nitrogens is 2. The summed E-state index contributed by atoms with van der Waals surface area (Å²) in [7, 11) is 0. The molecular weight excluding hydrogens is 331 g/mol. The van der Waals surface area contributed by atoms with Crippen molar-refractivity contribution >= 4 is 29.0 Å². The highest BCUT2D eigenvalue weighted by Crippen LogP contribution is 2.21. The van der Waals surface area contributed by atoms with Crippen LogP contribution in [0.25, 0.3) is 0 Å². The molecule has 24 heavy (non-hydrogen) atoms. The van der Waals surface area contributed by atoms with Gasteiger partial charge >= 0.3 is 0 Å². The van der Waals surface area contributed by atoms with E-state index in [9.17, 15) is 14.0 Å². The Kier molecular flexibility index (Phi) is 5.61. The number of nitrogens with one attached hydrogen (secondary N) is 1. The molecule has 0 atom stereocenters. The van der Waals surface area contributed by atoms with Gasteiger partial charge in [-0.3, -0.25) is 14.5 Å². The van der Waals surface area contributed by atoms with Gasteiger partial charge in [-0.25, -0.2) is 4.39 Å². The van der Waals surface area contributed by atoms with Crippen LogP contribution in [0.2, 0.25) is 0 Å². The molecule has 0 bridgehead atoms. The van der Waals surface area contributed by atoms with Crippen LogP contribution in [-0.2, 0) is 4.79 Å². The van der Waals surface area contributed by atoms with Crippen LogP contribution < -0.4 is 10.2 Å².